The second kappa shape index (κ2) is 6.59. The highest BCUT2D eigenvalue weighted by atomic mass is 16.2. The van der Waals surface area contributed by atoms with Crippen molar-refractivity contribution in [2.24, 2.45) is 0 Å². The highest BCUT2D eigenvalue weighted by molar-refractivity contribution is 6.08. The Morgan fingerprint density at radius 3 is 2.79 bits per heavy atom. The zero-order chi connectivity index (χ0) is 17.3. The molecule has 1 aromatic heterocycles. The highest BCUT2D eigenvalue weighted by Crippen LogP contribution is 2.23. The molecule has 0 saturated carbocycles. The minimum Gasteiger partial charge on any atom is -0.354 e. The summed E-state index contributed by atoms with van der Waals surface area (Å²) in [5, 5.41) is 6.59. The minimum atomic E-state index is -0.463. The molecule has 2 heterocycles. The van der Waals surface area contributed by atoms with Gasteiger partial charge in [0, 0.05) is 17.6 Å². The molecule has 24 heavy (non-hydrogen) atoms. The molecule has 1 aromatic carbocycles. The molecule has 1 aliphatic rings. The fourth-order valence-corrected chi connectivity index (χ4v) is 3.31. The summed E-state index contributed by atoms with van der Waals surface area (Å²) in [5.41, 5.74) is 4.37. The molecule has 0 bridgehead atoms. The molecule has 1 saturated heterocycles. The predicted octanol–water partition coefficient (Wildman–Crippen LogP) is 2.56. The van der Waals surface area contributed by atoms with E-state index < -0.39 is 6.04 Å². The Morgan fingerprint density at radius 1 is 1.21 bits per heavy atom. The highest BCUT2D eigenvalue weighted by Gasteiger charge is 2.24. The lowest BCUT2D eigenvalue weighted by Gasteiger charge is -2.17. The Bertz CT molecular complexity index is 814. The average Bonchev–Trinajstić information content (AvgIpc) is 2.72. The van der Waals surface area contributed by atoms with E-state index in [1.807, 2.05) is 26.8 Å². The molecule has 2 amide bonds. The van der Waals surface area contributed by atoms with Crippen molar-refractivity contribution < 1.29 is 9.59 Å². The molecule has 0 aliphatic carbocycles. The van der Waals surface area contributed by atoms with Crippen LogP contribution in [-0.2, 0) is 4.79 Å². The number of aromatic nitrogens is 1. The molecule has 0 unspecified atom stereocenters. The average molecular weight is 325 g/mol. The van der Waals surface area contributed by atoms with Crippen molar-refractivity contribution in [1.29, 1.82) is 0 Å². The summed E-state index contributed by atoms with van der Waals surface area (Å²) in [6.07, 6.45) is 2.56. The Morgan fingerprint density at radius 2 is 2.00 bits per heavy atom. The van der Waals surface area contributed by atoms with Crippen molar-refractivity contribution >= 4 is 22.7 Å². The molecule has 2 N–H and O–H groups in total. The molecule has 126 valence electrons. The van der Waals surface area contributed by atoms with Crippen molar-refractivity contribution in [3.8, 4) is 0 Å². The number of amides is 2. The van der Waals surface area contributed by atoms with Gasteiger partial charge in [0.15, 0.2) is 0 Å². The molecule has 5 nitrogen and oxygen atoms in total. The summed E-state index contributed by atoms with van der Waals surface area (Å²) in [6, 6.07) is 5.38. The number of carbonyl (C=O) groups is 2. The van der Waals surface area contributed by atoms with E-state index in [-0.39, 0.29) is 11.8 Å². The normalized spacial score (nSPS) is 18.1. The van der Waals surface area contributed by atoms with Gasteiger partial charge in [0.2, 0.25) is 5.91 Å². The largest absolute Gasteiger partial charge is 0.354 e. The third-order valence-electron chi connectivity index (χ3n) is 4.46. The van der Waals surface area contributed by atoms with Crippen molar-refractivity contribution in [2.45, 2.75) is 46.1 Å². The zero-order valence-electron chi connectivity index (χ0n) is 14.4. The van der Waals surface area contributed by atoms with Gasteiger partial charge in [-0.15, -0.1) is 0 Å². The maximum atomic E-state index is 12.8. The lowest BCUT2D eigenvalue weighted by Crippen LogP contribution is -2.45. The number of hydrogen-bond donors (Lipinski definition) is 2. The fraction of sp³-hybridized carbons (Fsp3) is 0.421. The van der Waals surface area contributed by atoms with E-state index in [2.05, 4.69) is 21.7 Å². The van der Waals surface area contributed by atoms with Gasteiger partial charge in [-0.1, -0.05) is 11.6 Å². The Balaban J connectivity index is 1.98. The topological polar surface area (TPSA) is 71.1 Å². The van der Waals surface area contributed by atoms with Gasteiger partial charge in [-0.05, 0) is 57.7 Å². The number of pyridine rings is 1. The molecule has 0 radical (unpaired) electrons. The van der Waals surface area contributed by atoms with Crippen LogP contribution in [0.15, 0.2) is 18.2 Å². The molecular weight excluding hydrogens is 302 g/mol. The van der Waals surface area contributed by atoms with Gasteiger partial charge < -0.3 is 10.6 Å². The molecule has 1 fully saturated rings. The van der Waals surface area contributed by atoms with Crippen LogP contribution in [-0.4, -0.2) is 29.4 Å². The monoisotopic (exact) mass is 325 g/mol. The van der Waals surface area contributed by atoms with Crippen molar-refractivity contribution in [2.75, 3.05) is 6.54 Å². The van der Waals surface area contributed by atoms with E-state index in [1.165, 1.54) is 0 Å². The number of fused-ring (bicyclic) bond motifs is 1. The number of hydrogen-bond acceptors (Lipinski definition) is 3. The quantitative estimate of drug-likeness (QED) is 0.891. The summed E-state index contributed by atoms with van der Waals surface area (Å²) in [4.78, 5) is 29.5. The van der Waals surface area contributed by atoms with Crippen LogP contribution < -0.4 is 10.6 Å². The Hall–Kier alpha value is -2.43. The predicted molar refractivity (Wildman–Crippen MR) is 94.1 cm³/mol. The molecule has 1 aliphatic heterocycles. The number of rotatable bonds is 2. The minimum absolute atomic E-state index is 0.0942. The van der Waals surface area contributed by atoms with Gasteiger partial charge in [-0.25, -0.2) is 0 Å². The first-order chi connectivity index (χ1) is 11.5. The molecule has 5 heteroatoms. The van der Waals surface area contributed by atoms with Gasteiger partial charge in [0.1, 0.15) is 6.04 Å². The van der Waals surface area contributed by atoms with Crippen molar-refractivity contribution in [1.82, 2.24) is 15.6 Å². The van der Waals surface area contributed by atoms with Crippen LogP contribution in [0, 0.1) is 20.8 Å². The Kier molecular flexibility index (Phi) is 4.51. The lowest BCUT2D eigenvalue weighted by molar-refractivity contribution is -0.122. The number of nitrogens with one attached hydrogen (secondary N) is 2. The van der Waals surface area contributed by atoms with Crippen LogP contribution in [0.5, 0.6) is 0 Å². The SMILES string of the molecule is Cc1cc(C)c2nc(C)cc(C(=O)N[C@H]3CCCCNC3=O)c2c1. The van der Waals surface area contributed by atoms with Crippen LogP contribution in [0.1, 0.15) is 46.4 Å². The van der Waals surface area contributed by atoms with Gasteiger partial charge in [0.05, 0.1) is 11.1 Å². The van der Waals surface area contributed by atoms with E-state index in [0.29, 0.717) is 18.5 Å². The first-order valence-electron chi connectivity index (χ1n) is 8.43. The zero-order valence-corrected chi connectivity index (χ0v) is 14.4. The van der Waals surface area contributed by atoms with Crippen molar-refractivity contribution in [3.63, 3.8) is 0 Å². The first-order valence-corrected chi connectivity index (χ1v) is 8.43. The summed E-state index contributed by atoms with van der Waals surface area (Å²) in [6.45, 7) is 6.57. The molecule has 3 rings (SSSR count). The smallest absolute Gasteiger partial charge is 0.252 e. The molecular formula is C19H23N3O2. The van der Waals surface area contributed by atoms with E-state index in [9.17, 15) is 9.59 Å². The third kappa shape index (κ3) is 3.25. The molecule has 1 atom stereocenters. The number of carbonyl (C=O) groups excluding carboxylic acids is 2. The molecule has 2 aromatic rings. The summed E-state index contributed by atoms with van der Waals surface area (Å²) in [7, 11) is 0. The van der Waals surface area contributed by atoms with E-state index in [1.54, 1.807) is 6.07 Å². The molecule has 0 spiro atoms. The summed E-state index contributed by atoms with van der Waals surface area (Å²) < 4.78 is 0. The lowest BCUT2D eigenvalue weighted by atomic mass is 10.0. The van der Waals surface area contributed by atoms with E-state index in [4.69, 9.17) is 0 Å². The number of nitrogens with zero attached hydrogens (tertiary/aromatic N) is 1. The number of aryl methyl sites for hydroxylation is 3. The summed E-state index contributed by atoms with van der Waals surface area (Å²) in [5.74, 6) is -0.305. The van der Waals surface area contributed by atoms with Gasteiger partial charge >= 0.3 is 0 Å². The van der Waals surface area contributed by atoms with Crippen molar-refractivity contribution in [3.05, 3.63) is 40.6 Å². The van der Waals surface area contributed by atoms with E-state index in [0.717, 1.165) is 40.6 Å². The maximum absolute atomic E-state index is 12.8. The second-order valence-electron chi connectivity index (χ2n) is 6.60. The van der Waals surface area contributed by atoms with Gasteiger partial charge in [-0.2, -0.15) is 0 Å². The third-order valence-corrected chi connectivity index (χ3v) is 4.46. The standard InChI is InChI=1S/C19H23N3O2/c1-11-8-12(2)17-14(9-11)15(10-13(3)21-17)18(23)22-16-6-4-5-7-20-19(16)24/h8-10,16H,4-7H2,1-3H3,(H,20,24)(H,22,23)/t16-/m0/s1. The van der Waals surface area contributed by atoms with Gasteiger partial charge in [-0.3, -0.25) is 14.6 Å². The van der Waals surface area contributed by atoms with Crippen LogP contribution in [0.4, 0.5) is 0 Å². The van der Waals surface area contributed by atoms with Gasteiger partial charge in [0.25, 0.3) is 5.91 Å². The second-order valence-corrected chi connectivity index (χ2v) is 6.60. The van der Waals surface area contributed by atoms with E-state index >= 15 is 0 Å². The van der Waals surface area contributed by atoms with Crippen LogP contribution in [0.3, 0.4) is 0 Å². The number of benzene rings is 1. The first kappa shape index (κ1) is 16.4. The van der Waals surface area contributed by atoms with Crippen LogP contribution in [0.25, 0.3) is 10.9 Å². The fourth-order valence-electron chi connectivity index (χ4n) is 3.31. The van der Waals surface area contributed by atoms with Crippen LogP contribution >= 0.6 is 0 Å². The van der Waals surface area contributed by atoms with Crippen LogP contribution in [0.2, 0.25) is 0 Å². The summed E-state index contributed by atoms with van der Waals surface area (Å²) >= 11 is 0. The Labute approximate surface area is 141 Å². The maximum Gasteiger partial charge on any atom is 0.252 e.